The molecule has 0 aliphatic rings. The highest BCUT2D eigenvalue weighted by molar-refractivity contribution is 9.10. The van der Waals surface area contributed by atoms with E-state index in [1.165, 1.54) is 12.1 Å². The molecule has 2 nitrogen and oxygen atoms in total. The Hall–Kier alpha value is -1.23. The summed E-state index contributed by atoms with van der Waals surface area (Å²) in [7, 11) is 0. The van der Waals surface area contributed by atoms with Crippen molar-refractivity contribution < 1.29 is 14.6 Å². The lowest BCUT2D eigenvalue weighted by Gasteiger charge is -2.31. The second-order valence-electron chi connectivity index (χ2n) is 4.88. The maximum absolute atomic E-state index is 13.3. The van der Waals surface area contributed by atoms with Crippen LogP contribution in [0.4, 0.5) is 4.39 Å². The fraction of sp³-hybridized carbons (Fsp3) is 0.250. The fourth-order valence-electron chi connectivity index (χ4n) is 2.36. The van der Waals surface area contributed by atoms with Gasteiger partial charge in [-0.1, -0.05) is 46.3 Å². The lowest BCUT2D eigenvalue weighted by Crippen LogP contribution is -2.37. The molecule has 106 valence electrons. The molecule has 0 aromatic heterocycles. The first-order valence-electron chi connectivity index (χ1n) is 6.32. The van der Waals surface area contributed by atoms with Gasteiger partial charge in [-0.15, -0.1) is 0 Å². The zero-order valence-corrected chi connectivity index (χ0v) is 12.5. The van der Waals surface area contributed by atoms with Crippen molar-refractivity contribution >= 4 is 15.9 Å². The van der Waals surface area contributed by atoms with E-state index in [-0.39, 0.29) is 19.0 Å². The lowest BCUT2D eigenvalue weighted by atomic mass is 9.77. The number of aliphatic hydroxyl groups is 2. The molecule has 0 radical (unpaired) electrons. The Morgan fingerprint density at radius 2 is 1.70 bits per heavy atom. The van der Waals surface area contributed by atoms with Crippen LogP contribution >= 0.6 is 15.9 Å². The molecular weight excluding hydrogens is 323 g/mol. The maximum atomic E-state index is 13.3. The van der Waals surface area contributed by atoms with Crippen LogP contribution in [0.5, 0.6) is 0 Å². The zero-order chi connectivity index (χ0) is 14.6. The molecule has 0 unspecified atom stereocenters. The minimum atomic E-state index is -0.839. The van der Waals surface area contributed by atoms with Crippen molar-refractivity contribution in [1.82, 2.24) is 0 Å². The Kier molecular flexibility index (Phi) is 4.91. The number of hydrogen-bond acceptors (Lipinski definition) is 2. The summed E-state index contributed by atoms with van der Waals surface area (Å²) in [5.74, 6) is -0.320. The van der Waals surface area contributed by atoms with Crippen molar-refractivity contribution in [3.63, 3.8) is 0 Å². The largest absolute Gasteiger partial charge is 0.395 e. The van der Waals surface area contributed by atoms with Crippen LogP contribution in [-0.4, -0.2) is 23.4 Å². The summed E-state index contributed by atoms with van der Waals surface area (Å²) in [6, 6.07) is 13.7. The van der Waals surface area contributed by atoms with Gasteiger partial charge in [-0.3, -0.25) is 0 Å². The number of halogens is 2. The third-order valence-corrected chi connectivity index (χ3v) is 4.17. The van der Waals surface area contributed by atoms with Gasteiger partial charge in [-0.25, -0.2) is 4.39 Å². The van der Waals surface area contributed by atoms with Crippen LogP contribution in [0.3, 0.4) is 0 Å². The van der Waals surface area contributed by atoms with Crippen LogP contribution in [0.15, 0.2) is 53.0 Å². The van der Waals surface area contributed by atoms with Gasteiger partial charge in [0.25, 0.3) is 0 Å². The Labute approximate surface area is 126 Å². The van der Waals surface area contributed by atoms with Gasteiger partial charge >= 0.3 is 0 Å². The lowest BCUT2D eigenvalue weighted by molar-refractivity contribution is 0.115. The monoisotopic (exact) mass is 338 g/mol. The van der Waals surface area contributed by atoms with Gasteiger partial charge in [0.15, 0.2) is 0 Å². The molecule has 0 amide bonds. The minimum Gasteiger partial charge on any atom is -0.395 e. The van der Waals surface area contributed by atoms with E-state index in [9.17, 15) is 14.6 Å². The molecule has 2 aromatic rings. The van der Waals surface area contributed by atoms with E-state index in [0.29, 0.717) is 6.42 Å². The Balaban J connectivity index is 2.42. The summed E-state index contributed by atoms with van der Waals surface area (Å²) < 4.78 is 14.1. The van der Waals surface area contributed by atoms with Crippen LogP contribution in [0.2, 0.25) is 0 Å². The van der Waals surface area contributed by atoms with Crippen molar-refractivity contribution in [2.75, 3.05) is 13.2 Å². The van der Waals surface area contributed by atoms with E-state index in [2.05, 4.69) is 15.9 Å². The first kappa shape index (κ1) is 15.2. The van der Waals surface area contributed by atoms with Crippen LogP contribution in [-0.2, 0) is 11.8 Å². The highest BCUT2D eigenvalue weighted by atomic mass is 79.9. The third kappa shape index (κ3) is 3.08. The first-order valence-corrected chi connectivity index (χ1v) is 7.12. The molecule has 0 spiro atoms. The number of aliphatic hydroxyl groups excluding tert-OH is 2. The van der Waals surface area contributed by atoms with E-state index >= 15 is 0 Å². The average Bonchev–Trinajstić information content (AvgIpc) is 2.46. The van der Waals surface area contributed by atoms with Crippen molar-refractivity contribution in [3.8, 4) is 0 Å². The molecule has 0 heterocycles. The van der Waals surface area contributed by atoms with Gasteiger partial charge in [0.2, 0.25) is 0 Å². The van der Waals surface area contributed by atoms with E-state index in [4.69, 9.17) is 0 Å². The Morgan fingerprint density at radius 1 is 1.00 bits per heavy atom. The molecule has 0 atom stereocenters. The molecule has 2 aromatic carbocycles. The second kappa shape index (κ2) is 6.48. The molecule has 2 rings (SSSR count). The van der Waals surface area contributed by atoms with Crippen molar-refractivity contribution in [3.05, 3.63) is 69.9 Å². The first-order chi connectivity index (χ1) is 9.61. The summed E-state index contributed by atoms with van der Waals surface area (Å²) in [5, 5.41) is 19.6. The molecule has 0 fully saturated rings. The minimum absolute atomic E-state index is 0.220. The molecule has 0 aliphatic carbocycles. The highest BCUT2D eigenvalue weighted by Crippen LogP contribution is 2.33. The van der Waals surface area contributed by atoms with E-state index < -0.39 is 5.41 Å². The summed E-state index contributed by atoms with van der Waals surface area (Å²) in [6.07, 6.45) is 0.361. The zero-order valence-electron chi connectivity index (χ0n) is 10.9. The molecule has 20 heavy (non-hydrogen) atoms. The predicted octanol–water partition coefficient (Wildman–Crippen LogP) is 3.05. The maximum Gasteiger partial charge on any atom is 0.123 e. The second-order valence-corrected chi connectivity index (χ2v) is 5.74. The van der Waals surface area contributed by atoms with Gasteiger partial charge in [-0.2, -0.15) is 0 Å². The van der Waals surface area contributed by atoms with Gasteiger partial charge in [-0.05, 0) is 35.7 Å². The average molecular weight is 339 g/mol. The van der Waals surface area contributed by atoms with Gasteiger partial charge in [0.05, 0.1) is 13.2 Å². The Bertz CT molecular complexity index is 582. The number of hydrogen-bond donors (Lipinski definition) is 2. The van der Waals surface area contributed by atoms with Crippen LogP contribution in [0.1, 0.15) is 11.1 Å². The van der Waals surface area contributed by atoms with Gasteiger partial charge in [0, 0.05) is 9.89 Å². The Morgan fingerprint density at radius 3 is 2.30 bits per heavy atom. The molecule has 2 N–H and O–H groups in total. The molecule has 0 saturated heterocycles. The topological polar surface area (TPSA) is 40.5 Å². The van der Waals surface area contributed by atoms with Crippen molar-refractivity contribution in [2.24, 2.45) is 0 Å². The fourth-order valence-corrected chi connectivity index (χ4v) is 3.06. The van der Waals surface area contributed by atoms with Crippen LogP contribution in [0, 0.1) is 5.82 Å². The van der Waals surface area contributed by atoms with Crippen LogP contribution in [0.25, 0.3) is 0 Å². The highest BCUT2D eigenvalue weighted by Gasteiger charge is 2.33. The molecule has 4 heteroatoms. The van der Waals surface area contributed by atoms with E-state index in [0.717, 1.165) is 15.6 Å². The summed E-state index contributed by atoms with van der Waals surface area (Å²) in [4.78, 5) is 0. The normalized spacial score (nSPS) is 11.6. The molecular formula is C16H16BrFO2. The number of benzene rings is 2. The quantitative estimate of drug-likeness (QED) is 0.879. The SMILES string of the molecule is OCC(CO)(Cc1cccc(F)c1)c1ccccc1Br. The summed E-state index contributed by atoms with van der Waals surface area (Å²) in [5.41, 5.74) is 0.714. The summed E-state index contributed by atoms with van der Waals surface area (Å²) >= 11 is 3.45. The van der Waals surface area contributed by atoms with Crippen molar-refractivity contribution in [1.29, 1.82) is 0 Å². The van der Waals surface area contributed by atoms with Crippen LogP contribution < -0.4 is 0 Å². The molecule has 0 aliphatic heterocycles. The predicted molar refractivity (Wildman–Crippen MR) is 80.1 cm³/mol. The smallest absolute Gasteiger partial charge is 0.123 e. The number of rotatable bonds is 5. The molecule has 0 bridgehead atoms. The molecule has 0 saturated carbocycles. The summed E-state index contributed by atoms with van der Waals surface area (Å²) in [6.45, 7) is -0.439. The van der Waals surface area contributed by atoms with E-state index in [1.807, 2.05) is 24.3 Å². The van der Waals surface area contributed by atoms with Gasteiger partial charge < -0.3 is 10.2 Å². The standard InChI is InChI=1S/C16H16BrFO2/c17-15-7-2-1-6-14(15)16(10-19,11-20)9-12-4-3-5-13(18)8-12/h1-8,19-20H,9-11H2. The van der Waals surface area contributed by atoms with E-state index in [1.54, 1.807) is 12.1 Å². The van der Waals surface area contributed by atoms with Crippen molar-refractivity contribution in [2.45, 2.75) is 11.8 Å². The van der Waals surface area contributed by atoms with Gasteiger partial charge in [0.1, 0.15) is 5.82 Å². The third-order valence-electron chi connectivity index (χ3n) is 3.48.